The second-order valence-electron chi connectivity index (χ2n) is 6.22. The zero-order chi connectivity index (χ0) is 19.4. The van der Waals surface area contributed by atoms with Crippen LogP contribution >= 0.6 is 11.6 Å². The molecule has 1 aromatic heterocycles. The van der Waals surface area contributed by atoms with Crippen LogP contribution in [-0.4, -0.2) is 24.1 Å². The Morgan fingerprint density at radius 1 is 1.33 bits per heavy atom. The molecule has 0 radical (unpaired) electrons. The van der Waals surface area contributed by atoms with E-state index in [2.05, 4.69) is 22.4 Å². The van der Waals surface area contributed by atoms with E-state index in [9.17, 15) is 9.59 Å². The van der Waals surface area contributed by atoms with Crippen LogP contribution < -0.4 is 10.7 Å². The summed E-state index contributed by atoms with van der Waals surface area (Å²) in [4.78, 5) is 24.6. The number of hydrazone groups is 1. The lowest BCUT2D eigenvalue weighted by atomic mass is 9.93. The maximum atomic E-state index is 12.3. The second-order valence-corrected chi connectivity index (χ2v) is 6.65. The first kappa shape index (κ1) is 18.9. The molecular formula is C20H20ClN3O3. The van der Waals surface area contributed by atoms with Crippen molar-refractivity contribution in [3.8, 4) is 0 Å². The van der Waals surface area contributed by atoms with Crippen molar-refractivity contribution in [2.75, 3.05) is 6.54 Å². The van der Waals surface area contributed by atoms with Gasteiger partial charge in [0, 0.05) is 34.7 Å². The predicted octanol–water partition coefficient (Wildman–Crippen LogP) is 3.63. The van der Waals surface area contributed by atoms with E-state index >= 15 is 0 Å². The minimum Gasteiger partial charge on any atom is -0.455 e. The molecule has 0 fully saturated rings. The van der Waals surface area contributed by atoms with Crippen LogP contribution in [0.1, 0.15) is 50.6 Å². The first-order valence-corrected chi connectivity index (χ1v) is 9.03. The fourth-order valence-corrected chi connectivity index (χ4v) is 3.24. The zero-order valence-electron chi connectivity index (χ0n) is 15.0. The molecule has 3 rings (SSSR count). The van der Waals surface area contributed by atoms with E-state index in [1.807, 2.05) is 6.92 Å². The Bertz CT molecular complexity index is 931. The van der Waals surface area contributed by atoms with Gasteiger partial charge in [-0.1, -0.05) is 23.7 Å². The molecule has 1 aliphatic rings. The summed E-state index contributed by atoms with van der Waals surface area (Å²) in [6, 6.07) is 6.65. The summed E-state index contributed by atoms with van der Waals surface area (Å²) in [5, 5.41) is 7.49. The molecule has 27 heavy (non-hydrogen) atoms. The lowest BCUT2D eigenvalue weighted by molar-refractivity contribution is 0.0926. The third-order valence-electron chi connectivity index (χ3n) is 4.32. The minimum absolute atomic E-state index is 0.276. The van der Waals surface area contributed by atoms with Crippen molar-refractivity contribution in [1.29, 1.82) is 0 Å². The molecule has 7 heteroatoms. The second kappa shape index (κ2) is 8.22. The Kier molecular flexibility index (Phi) is 5.76. The number of hydrogen-bond acceptors (Lipinski definition) is 4. The summed E-state index contributed by atoms with van der Waals surface area (Å²) in [5.41, 5.74) is 5.23. The molecule has 2 N–H and O–H groups in total. The van der Waals surface area contributed by atoms with E-state index in [4.69, 9.17) is 16.0 Å². The van der Waals surface area contributed by atoms with E-state index in [1.165, 1.54) is 0 Å². The van der Waals surface area contributed by atoms with Gasteiger partial charge in [0.15, 0.2) is 5.76 Å². The zero-order valence-corrected chi connectivity index (χ0v) is 15.7. The SMILES string of the molecule is C=CCNC(=O)c1oc2c(c1C)/C(=N/NC(=O)c1cccc(Cl)c1)CCC2. The maximum Gasteiger partial charge on any atom is 0.287 e. The Morgan fingerprint density at radius 2 is 2.15 bits per heavy atom. The summed E-state index contributed by atoms with van der Waals surface area (Å²) in [6.45, 7) is 5.77. The Balaban J connectivity index is 1.84. The van der Waals surface area contributed by atoms with Crippen molar-refractivity contribution in [2.24, 2.45) is 5.10 Å². The van der Waals surface area contributed by atoms with Gasteiger partial charge in [0.05, 0.1) is 5.71 Å². The Morgan fingerprint density at radius 3 is 2.89 bits per heavy atom. The van der Waals surface area contributed by atoms with Crippen molar-refractivity contribution in [2.45, 2.75) is 26.2 Å². The van der Waals surface area contributed by atoms with E-state index in [0.29, 0.717) is 29.3 Å². The van der Waals surface area contributed by atoms with Gasteiger partial charge in [-0.25, -0.2) is 5.43 Å². The highest BCUT2D eigenvalue weighted by Gasteiger charge is 2.27. The average molecular weight is 386 g/mol. The van der Waals surface area contributed by atoms with Gasteiger partial charge in [-0.15, -0.1) is 6.58 Å². The van der Waals surface area contributed by atoms with Crippen LogP contribution in [0.15, 0.2) is 46.4 Å². The minimum atomic E-state index is -0.345. The topological polar surface area (TPSA) is 83.7 Å². The van der Waals surface area contributed by atoms with Gasteiger partial charge in [-0.2, -0.15) is 5.10 Å². The summed E-state index contributed by atoms with van der Waals surface area (Å²) in [7, 11) is 0. The quantitative estimate of drug-likeness (QED) is 0.609. The third kappa shape index (κ3) is 4.11. The van der Waals surface area contributed by atoms with E-state index in [-0.39, 0.29) is 17.6 Å². The van der Waals surface area contributed by atoms with Crippen molar-refractivity contribution in [1.82, 2.24) is 10.7 Å². The molecule has 1 aliphatic carbocycles. The normalized spacial score (nSPS) is 14.5. The number of aryl methyl sites for hydroxylation is 1. The van der Waals surface area contributed by atoms with Gasteiger partial charge in [0.2, 0.25) is 0 Å². The number of nitrogens with one attached hydrogen (secondary N) is 2. The van der Waals surface area contributed by atoms with Gasteiger partial charge in [-0.05, 0) is 38.0 Å². The predicted molar refractivity (Wildman–Crippen MR) is 104 cm³/mol. The van der Waals surface area contributed by atoms with Gasteiger partial charge in [-0.3, -0.25) is 9.59 Å². The summed E-state index contributed by atoms with van der Waals surface area (Å²) >= 11 is 5.92. The van der Waals surface area contributed by atoms with E-state index in [0.717, 1.165) is 29.7 Å². The molecule has 1 heterocycles. The number of carbonyl (C=O) groups is 2. The number of amides is 2. The number of hydrogen-bond donors (Lipinski definition) is 2. The van der Waals surface area contributed by atoms with Crippen molar-refractivity contribution in [3.05, 3.63) is 70.2 Å². The highest BCUT2D eigenvalue weighted by molar-refractivity contribution is 6.31. The van der Waals surface area contributed by atoms with Crippen molar-refractivity contribution >= 4 is 29.1 Å². The standard InChI is InChI=1S/C20H20ClN3O3/c1-3-10-22-20(26)18-12(2)17-15(8-5-9-16(17)27-18)23-24-19(25)13-6-4-7-14(21)11-13/h3-4,6-7,11H,1,5,8-10H2,2H3,(H,22,26)(H,24,25)/b23-15+. The Labute approximate surface area is 162 Å². The van der Waals surface area contributed by atoms with E-state index < -0.39 is 0 Å². The van der Waals surface area contributed by atoms with Crippen LogP contribution in [0.4, 0.5) is 0 Å². The number of rotatable bonds is 5. The van der Waals surface area contributed by atoms with Crippen LogP contribution in [0.2, 0.25) is 5.02 Å². The number of furan rings is 1. The number of benzene rings is 1. The molecule has 0 atom stereocenters. The fraction of sp³-hybridized carbons (Fsp3) is 0.250. The molecule has 0 saturated heterocycles. The van der Waals surface area contributed by atoms with Crippen molar-refractivity contribution < 1.29 is 14.0 Å². The van der Waals surface area contributed by atoms with Crippen LogP contribution in [0.25, 0.3) is 0 Å². The molecule has 0 saturated carbocycles. The molecular weight excluding hydrogens is 366 g/mol. The van der Waals surface area contributed by atoms with Crippen LogP contribution in [0.5, 0.6) is 0 Å². The molecule has 2 aromatic rings. The highest BCUT2D eigenvalue weighted by atomic mass is 35.5. The first-order valence-electron chi connectivity index (χ1n) is 8.65. The van der Waals surface area contributed by atoms with Gasteiger partial charge in [0.25, 0.3) is 11.8 Å². The number of nitrogens with zero attached hydrogens (tertiary/aromatic N) is 1. The molecule has 140 valence electrons. The molecule has 2 amide bonds. The molecule has 0 spiro atoms. The molecule has 0 unspecified atom stereocenters. The maximum absolute atomic E-state index is 12.3. The number of halogens is 1. The summed E-state index contributed by atoms with van der Waals surface area (Å²) < 4.78 is 5.78. The fourth-order valence-electron chi connectivity index (χ4n) is 3.05. The molecule has 6 nitrogen and oxygen atoms in total. The monoisotopic (exact) mass is 385 g/mol. The largest absolute Gasteiger partial charge is 0.455 e. The summed E-state index contributed by atoms with van der Waals surface area (Å²) in [5.74, 6) is 0.363. The average Bonchev–Trinajstić information content (AvgIpc) is 3.01. The first-order chi connectivity index (χ1) is 13.0. The van der Waals surface area contributed by atoms with Gasteiger partial charge < -0.3 is 9.73 Å². The van der Waals surface area contributed by atoms with Gasteiger partial charge >= 0.3 is 0 Å². The van der Waals surface area contributed by atoms with E-state index in [1.54, 1.807) is 30.3 Å². The highest BCUT2D eigenvalue weighted by Crippen LogP contribution is 2.29. The lowest BCUT2D eigenvalue weighted by Crippen LogP contribution is -2.24. The van der Waals surface area contributed by atoms with Crippen molar-refractivity contribution in [3.63, 3.8) is 0 Å². The van der Waals surface area contributed by atoms with Crippen LogP contribution in [-0.2, 0) is 6.42 Å². The molecule has 0 bridgehead atoms. The van der Waals surface area contributed by atoms with Gasteiger partial charge in [0.1, 0.15) is 5.76 Å². The third-order valence-corrected chi connectivity index (χ3v) is 4.55. The van der Waals surface area contributed by atoms with Crippen LogP contribution in [0.3, 0.4) is 0 Å². The van der Waals surface area contributed by atoms with Crippen LogP contribution in [0, 0.1) is 6.92 Å². The number of carbonyl (C=O) groups excluding carboxylic acids is 2. The Hall–Kier alpha value is -2.86. The number of fused-ring (bicyclic) bond motifs is 1. The lowest BCUT2D eigenvalue weighted by Gasteiger charge is -2.13. The smallest absolute Gasteiger partial charge is 0.287 e. The molecule has 0 aliphatic heterocycles. The molecule has 1 aromatic carbocycles. The summed E-state index contributed by atoms with van der Waals surface area (Å²) in [6.07, 6.45) is 3.86.